The number of nitrogens with zero attached hydrogens (tertiary/aromatic N) is 2. The number of benzene rings is 1. The van der Waals surface area contributed by atoms with Crippen molar-refractivity contribution in [1.29, 1.82) is 0 Å². The lowest BCUT2D eigenvalue weighted by atomic mass is 10.1. The van der Waals surface area contributed by atoms with Crippen LogP contribution in [0.4, 0.5) is 0 Å². The fraction of sp³-hybridized carbons (Fsp3) is 0.417. The Balaban J connectivity index is 2.65. The van der Waals surface area contributed by atoms with E-state index in [0.29, 0.717) is 0 Å². The molecule has 0 fully saturated rings. The van der Waals surface area contributed by atoms with Gasteiger partial charge in [0.05, 0.1) is 11.0 Å². The van der Waals surface area contributed by atoms with Crippen molar-refractivity contribution in [3.63, 3.8) is 0 Å². The van der Waals surface area contributed by atoms with Gasteiger partial charge in [0.15, 0.2) is 0 Å². The van der Waals surface area contributed by atoms with E-state index in [-0.39, 0.29) is 6.61 Å². The minimum absolute atomic E-state index is 0.00395. The van der Waals surface area contributed by atoms with Gasteiger partial charge >= 0.3 is 0 Å². The van der Waals surface area contributed by atoms with Crippen molar-refractivity contribution < 1.29 is 5.11 Å². The largest absolute Gasteiger partial charge is 0.388 e. The highest BCUT2D eigenvalue weighted by molar-refractivity contribution is 5.76. The van der Waals surface area contributed by atoms with Crippen LogP contribution in [0.15, 0.2) is 18.2 Å². The molecule has 0 bridgehead atoms. The fourth-order valence-electron chi connectivity index (χ4n) is 1.92. The second kappa shape index (κ2) is 4.03. The summed E-state index contributed by atoms with van der Waals surface area (Å²) in [7, 11) is 0. The molecule has 80 valence electrons. The summed E-state index contributed by atoms with van der Waals surface area (Å²) in [6, 6.07) is 6.31. The quantitative estimate of drug-likeness (QED) is 0.831. The molecule has 1 aromatic heterocycles. The Kier molecular flexibility index (Phi) is 2.73. The summed E-state index contributed by atoms with van der Waals surface area (Å²) in [4.78, 5) is 4.42. The predicted molar refractivity (Wildman–Crippen MR) is 60.7 cm³/mol. The first-order valence-electron chi connectivity index (χ1n) is 5.39. The monoisotopic (exact) mass is 204 g/mol. The Morgan fingerprint density at radius 3 is 2.73 bits per heavy atom. The molecule has 3 heteroatoms. The van der Waals surface area contributed by atoms with E-state index in [2.05, 4.69) is 41.6 Å². The summed E-state index contributed by atoms with van der Waals surface area (Å²) >= 11 is 0. The Labute approximate surface area is 89.4 Å². The number of rotatable bonds is 3. The molecule has 1 aromatic carbocycles. The standard InChI is InChI=1S/C12H16N2O/c1-3-9-5-6-11-10(7-9)13-12(8-15)14(11)4-2/h5-7,15H,3-4,8H2,1-2H3. The summed E-state index contributed by atoms with van der Waals surface area (Å²) in [6.45, 7) is 5.04. The molecule has 2 aromatic rings. The van der Waals surface area contributed by atoms with Crippen LogP contribution in [-0.4, -0.2) is 14.7 Å². The molecule has 1 heterocycles. The van der Waals surface area contributed by atoms with Crippen LogP contribution in [0.5, 0.6) is 0 Å². The Hall–Kier alpha value is -1.35. The Bertz CT molecular complexity index is 474. The molecule has 0 aliphatic carbocycles. The zero-order valence-electron chi connectivity index (χ0n) is 9.20. The molecular formula is C12H16N2O. The Morgan fingerprint density at radius 1 is 1.33 bits per heavy atom. The van der Waals surface area contributed by atoms with E-state index in [4.69, 9.17) is 0 Å². The third kappa shape index (κ3) is 1.63. The van der Waals surface area contributed by atoms with Gasteiger partial charge in [0.2, 0.25) is 0 Å². The summed E-state index contributed by atoms with van der Waals surface area (Å²) < 4.78 is 2.05. The van der Waals surface area contributed by atoms with Gasteiger partial charge < -0.3 is 9.67 Å². The van der Waals surface area contributed by atoms with E-state index in [1.807, 2.05) is 0 Å². The van der Waals surface area contributed by atoms with Crippen LogP contribution >= 0.6 is 0 Å². The van der Waals surface area contributed by atoms with Gasteiger partial charge in [-0.3, -0.25) is 0 Å². The van der Waals surface area contributed by atoms with Gasteiger partial charge in [-0.05, 0) is 31.0 Å². The molecule has 0 saturated carbocycles. The van der Waals surface area contributed by atoms with E-state index in [0.717, 1.165) is 29.8 Å². The van der Waals surface area contributed by atoms with Crippen molar-refractivity contribution >= 4 is 11.0 Å². The van der Waals surface area contributed by atoms with Crippen LogP contribution in [-0.2, 0) is 19.6 Å². The summed E-state index contributed by atoms with van der Waals surface area (Å²) in [5.74, 6) is 0.751. The molecule has 1 N–H and O–H groups in total. The zero-order valence-corrected chi connectivity index (χ0v) is 9.20. The first-order chi connectivity index (χ1) is 7.30. The molecular weight excluding hydrogens is 188 g/mol. The molecule has 0 saturated heterocycles. The van der Waals surface area contributed by atoms with Crippen LogP contribution in [0.2, 0.25) is 0 Å². The van der Waals surface area contributed by atoms with E-state index in [1.165, 1.54) is 5.56 Å². The molecule has 0 amide bonds. The number of aliphatic hydroxyl groups is 1. The maximum absolute atomic E-state index is 9.19. The maximum Gasteiger partial charge on any atom is 0.135 e. The van der Waals surface area contributed by atoms with Crippen molar-refractivity contribution in [2.75, 3.05) is 0 Å². The van der Waals surface area contributed by atoms with Crippen molar-refractivity contribution in [3.8, 4) is 0 Å². The highest BCUT2D eigenvalue weighted by Gasteiger charge is 2.08. The molecule has 2 rings (SSSR count). The highest BCUT2D eigenvalue weighted by atomic mass is 16.3. The van der Waals surface area contributed by atoms with E-state index in [9.17, 15) is 5.11 Å². The minimum atomic E-state index is 0.00395. The number of fused-ring (bicyclic) bond motifs is 1. The maximum atomic E-state index is 9.19. The predicted octanol–water partition coefficient (Wildman–Crippen LogP) is 2.11. The van der Waals surface area contributed by atoms with Crippen molar-refractivity contribution in [3.05, 3.63) is 29.6 Å². The van der Waals surface area contributed by atoms with Crippen LogP contribution in [0.1, 0.15) is 25.2 Å². The van der Waals surface area contributed by atoms with Gasteiger partial charge in [-0.25, -0.2) is 4.98 Å². The average molecular weight is 204 g/mol. The van der Waals surface area contributed by atoms with Gasteiger partial charge in [0, 0.05) is 6.54 Å². The van der Waals surface area contributed by atoms with Crippen LogP contribution in [0.3, 0.4) is 0 Å². The molecule has 0 unspecified atom stereocenters. The summed E-state index contributed by atoms with van der Waals surface area (Å²) in [5.41, 5.74) is 3.38. The van der Waals surface area contributed by atoms with E-state index >= 15 is 0 Å². The topological polar surface area (TPSA) is 38.1 Å². The van der Waals surface area contributed by atoms with E-state index in [1.54, 1.807) is 0 Å². The normalized spacial score (nSPS) is 11.1. The van der Waals surface area contributed by atoms with Crippen LogP contribution in [0, 0.1) is 0 Å². The van der Waals surface area contributed by atoms with E-state index < -0.39 is 0 Å². The number of aromatic nitrogens is 2. The number of imidazole rings is 1. The lowest BCUT2D eigenvalue weighted by molar-refractivity contribution is 0.266. The molecule has 3 nitrogen and oxygen atoms in total. The molecule has 15 heavy (non-hydrogen) atoms. The lowest BCUT2D eigenvalue weighted by Crippen LogP contribution is -2.00. The average Bonchev–Trinajstić information content (AvgIpc) is 2.65. The van der Waals surface area contributed by atoms with Crippen molar-refractivity contribution in [1.82, 2.24) is 9.55 Å². The summed E-state index contributed by atoms with van der Waals surface area (Å²) in [5, 5.41) is 9.19. The smallest absolute Gasteiger partial charge is 0.135 e. The van der Waals surface area contributed by atoms with Gasteiger partial charge in [0.1, 0.15) is 12.4 Å². The third-order valence-corrected chi connectivity index (χ3v) is 2.76. The molecule has 0 spiro atoms. The molecule has 0 aliphatic heterocycles. The number of hydrogen-bond donors (Lipinski definition) is 1. The number of aliphatic hydroxyl groups excluding tert-OH is 1. The second-order valence-corrected chi connectivity index (χ2v) is 3.61. The first kappa shape index (κ1) is 10.2. The van der Waals surface area contributed by atoms with Gasteiger partial charge in [-0.15, -0.1) is 0 Å². The van der Waals surface area contributed by atoms with Crippen molar-refractivity contribution in [2.24, 2.45) is 0 Å². The molecule has 0 radical (unpaired) electrons. The molecule has 0 aliphatic rings. The minimum Gasteiger partial charge on any atom is -0.388 e. The van der Waals surface area contributed by atoms with Gasteiger partial charge in [-0.2, -0.15) is 0 Å². The lowest BCUT2D eigenvalue weighted by Gasteiger charge is -2.03. The Morgan fingerprint density at radius 2 is 2.13 bits per heavy atom. The van der Waals surface area contributed by atoms with Crippen LogP contribution < -0.4 is 0 Å². The van der Waals surface area contributed by atoms with Crippen molar-refractivity contribution in [2.45, 2.75) is 33.4 Å². The summed E-state index contributed by atoms with van der Waals surface area (Å²) in [6.07, 6.45) is 1.02. The fourth-order valence-corrected chi connectivity index (χ4v) is 1.92. The van der Waals surface area contributed by atoms with Crippen LogP contribution in [0.25, 0.3) is 11.0 Å². The van der Waals surface area contributed by atoms with Gasteiger partial charge in [-0.1, -0.05) is 13.0 Å². The number of aryl methyl sites for hydroxylation is 2. The second-order valence-electron chi connectivity index (χ2n) is 3.61. The first-order valence-corrected chi connectivity index (χ1v) is 5.39. The SMILES string of the molecule is CCc1ccc2c(c1)nc(CO)n2CC. The zero-order chi connectivity index (χ0) is 10.8. The third-order valence-electron chi connectivity index (χ3n) is 2.76. The highest BCUT2D eigenvalue weighted by Crippen LogP contribution is 2.18. The number of hydrogen-bond acceptors (Lipinski definition) is 2. The molecule has 0 atom stereocenters. The van der Waals surface area contributed by atoms with Gasteiger partial charge in [0.25, 0.3) is 0 Å².